The third-order valence-corrected chi connectivity index (χ3v) is 5.13. The lowest BCUT2D eigenvalue weighted by Crippen LogP contribution is -2.29. The topological polar surface area (TPSA) is 12.0 Å². The van der Waals surface area contributed by atoms with Gasteiger partial charge in [0.05, 0.1) is 6.04 Å². The fourth-order valence-corrected chi connectivity index (χ4v) is 4.13. The highest BCUT2D eigenvalue weighted by Gasteiger charge is 2.38. The molecule has 21 heavy (non-hydrogen) atoms. The Kier molecular flexibility index (Phi) is 3.20. The molecule has 0 amide bonds. The monoisotopic (exact) mass is 315 g/mol. The fraction of sp³-hybridized carbons (Fsp3) is 0.222. The lowest BCUT2D eigenvalue weighted by molar-refractivity contribution is 0.425. The summed E-state index contributed by atoms with van der Waals surface area (Å²) in [6.45, 7) is 0. The third kappa shape index (κ3) is 2.16. The third-order valence-electron chi connectivity index (χ3n) is 4.57. The summed E-state index contributed by atoms with van der Waals surface area (Å²) in [6, 6.07) is 14.6. The molecule has 2 aromatic carbocycles. The summed E-state index contributed by atoms with van der Waals surface area (Å²) < 4.78 is 0. The Morgan fingerprint density at radius 1 is 1.00 bits per heavy atom. The zero-order valence-electron chi connectivity index (χ0n) is 11.4. The molecular weight excluding hydrogens is 301 g/mol. The minimum Gasteiger partial charge on any atom is -0.378 e. The number of nitrogens with one attached hydrogen (secondary N) is 1. The molecule has 1 heterocycles. The molecule has 0 radical (unpaired) electrons. The van der Waals surface area contributed by atoms with Crippen LogP contribution in [0.25, 0.3) is 0 Å². The van der Waals surface area contributed by atoms with Crippen LogP contribution in [0.15, 0.2) is 54.6 Å². The summed E-state index contributed by atoms with van der Waals surface area (Å²) in [5, 5.41) is 5.10. The van der Waals surface area contributed by atoms with Gasteiger partial charge in [0.25, 0.3) is 0 Å². The molecule has 3 atom stereocenters. The first kappa shape index (κ1) is 13.2. The summed E-state index contributed by atoms with van der Waals surface area (Å²) in [4.78, 5) is 0. The second-order valence-electron chi connectivity index (χ2n) is 5.73. The molecule has 0 fully saturated rings. The molecule has 3 heteroatoms. The highest BCUT2D eigenvalue weighted by atomic mass is 35.5. The first-order valence-corrected chi connectivity index (χ1v) is 7.97. The molecule has 0 aromatic heterocycles. The average Bonchev–Trinajstić information content (AvgIpc) is 2.96. The number of hydrogen-bond donors (Lipinski definition) is 1. The van der Waals surface area contributed by atoms with E-state index in [9.17, 15) is 0 Å². The number of para-hydroxylation sites is 1. The molecule has 1 aliphatic heterocycles. The maximum atomic E-state index is 6.44. The lowest BCUT2D eigenvalue weighted by Gasteiger charge is -2.37. The van der Waals surface area contributed by atoms with Crippen molar-refractivity contribution in [3.63, 3.8) is 0 Å². The Hall–Kier alpha value is -1.44. The number of fused-ring (bicyclic) bond motifs is 3. The van der Waals surface area contributed by atoms with Crippen LogP contribution in [0.1, 0.15) is 29.5 Å². The van der Waals surface area contributed by atoms with Crippen LogP contribution in [0.5, 0.6) is 0 Å². The molecule has 4 rings (SSSR count). The van der Waals surface area contributed by atoms with E-state index >= 15 is 0 Å². The normalized spacial score (nSPS) is 26.1. The first-order chi connectivity index (χ1) is 10.2. The minimum absolute atomic E-state index is 0.227. The second-order valence-corrected chi connectivity index (χ2v) is 6.57. The maximum Gasteiger partial charge on any atom is 0.0568 e. The molecule has 1 N–H and O–H groups in total. The first-order valence-electron chi connectivity index (χ1n) is 7.21. The van der Waals surface area contributed by atoms with E-state index in [-0.39, 0.29) is 6.04 Å². The van der Waals surface area contributed by atoms with Crippen LogP contribution in [0.2, 0.25) is 10.0 Å². The number of rotatable bonds is 1. The van der Waals surface area contributed by atoms with Crippen molar-refractivity contribution in [2.24, 2.45) is 5.92 Å². The smallest absolute Gasteiger partial charge is 0.0568 e. The molecule has 2 aromatic rings. The minimum atomic E-state index is 0.227. The highest BCUT2D eigenvalue weighted by Crippen LogP contribution is 2.50. The van der Waals surface area contributed by atoms with Crippen LogP contribution >= 0.6 is 23.2 Å². The summed E-state index contributed by atoms with van der Waals surface area (Å²) in [7, 11) is 0. The van der Waals surface area contributed by atoms with Gasteiger partial charge in [-0.25, -0.2) is 0 Å². The van der Waals surface area contributed by atoms with E-state index in [1.165, 1.54) is 11.3 Å². The molecule has 106 valence electrons. The van der Waals surface area contributed by atoms with Crippen molar-refractivity contribution in [1.29, 1.82) is 0 Å². The van der Waals surface area contributed by atoms with Gasteiger partial charge in [-0.1, -0.05) is 59.6 Å². The van der Waals surface area contributed by atoms with E-state index in [0.29, 0.717) is 16.9 Å². The molecule has 2 aliphatic rings. The summed E-state index contributed by atoms with van der Waals surface area (Å²) in [5.41, 5.74) is 3.73. The fourth-order valence-electron chi connectivity index (χ4n) is 3.61. The van der Waals surface area contributed by atoms with Crippen LogP contribution in [-0.2, 0) is 0 Å². The van der Waals surface area contributed by atoms with E-state index in [4.69, 9.17) is 23.2 Å². The summed E-state index contributed by atoms with van der Waals surface area (Å²) in [5.74, 6) is 0.984. The van der Waals surface area contributed by atoms with Gasteiger partial charge in [0.2, 0.25) is 0 Å². The van der Waals surface area contributed by atoms with Gasteiger partial charge < -0.3 is 5.32 Å². The van der Waals surface area contributed by atoms with Crippen molar-refractivity contribution >= 4 is 28.9 Å². The largest absolute Gasteiger partial charge is 0.378 e. The van der Waals surface area contributed by atoms with Gasteiger partial charge in [-0.3, -0.25) is 0 Å². The van der Waals surface area contributed by atoms with Gasteiger partial charge in [-0.15, -0.1) is 0 Å². The number of benzene rings is 2. The second kappa shape index (κ2) is 5.08. The number of halogens is 2. The zero-order chi connectivity index (χ0) is 14.4. The SMILES string of the molecule is Clc1ccc([C@@H]2Nc3ccccc3[C@@H]3C=CC[C@@H]32)c(Cl)c1. The van der Waals surface area contributed by atoms with Crippen molar-refractivity contribution in [3.8, 4) is 0 Å². The molecule has 0 spiro atoms. The maximum absolute atomic E-state index is 6.44. The standard InChI is InChI=1S/C18H15Cl2N/c19-11-8-9-15(16(20)10-11)18-14-6-3-5-12(14)13-4-1-2-7-17(13)21-18/h1-5,7-10,12,14,18,21H,6H2/t12-,14-,18+/m0/s1. The molecule has 1 aliphatic carbocycles. The highest BCUT2D eigenvalue weighted by molar-refractivity contribution is 6.35. The molecular formula is C18H15Cl2N. The van der Waals surface area contributed by atoms with Crippen LogP contribution in [0, 0.1) is 5.92 Å². The van der Waals surface area contributed by atoms with E-state index in [2.05, 4.69) is 41.7 Å². The van der Waals surface area contributed by atoms with Crippen LogP contribution in [-0.4, -0.2) is 0 Å². The molecule has 0 bridgehead atoms. The molecule has 0 saturated heterocycles. The quantitative estimate of drug-likeness (QED) is 0.654. The van der Waals surface area contributed by atoms with E-state index in [0.717, 1.165) is 17.0 Å². The Bertz CT molecular complexity index is 723. The van der Waals surface area contributed by atoms with Gasteiger partial charge in [-0.05, 0) is 41.7 Å². The number of allylic oxidation sites excluding steroid dienone is 2. The average molecular weight is 316 g/mol. The zero-order valence-corrected chi connectivity index (χ0v) is 12.9. The van der Waals surface area contributed by atoms with Crippen molar-refractivity contribution in [1.82, 2.24) is 0 Å². The number of anilines is 1. The summed E-state index contributed by atoms with van der Waals surface area (Å²) in [6.07, 6.45) is 5.70. The van der Waals surface area contributed by atoms with Crippen LogP contribution < -0.4 is 5.32 Å². The van der Waals surface area contributed by atoms with Crippen molar-refractivity contribution in [2.75, 3.05) is 5.32 Å². The van der Waals surface area contributed by atoms with Gasteiger partial charge in [-0.2, -0.15) is 0 Å². The Morgan fingerprint density at radius 2 is 1.86 bits per heavy atom. The van der Waals surface area contributed by atoms with Crippen LogP contribution in [0.3, 0.4) is 0 Å². The van der Waals surface area contributed by atoms with E-state index in [1.807, 2.05) is 18.2 Å². The van der Waals surface area contributed by atoms with E-state index in [1.54, 1.807) is 0 Å². The Labute approximate surface area is 134 Å². The Morgan fingerprint density at radius 3 is 2.71 bits per heavy atom. The predicted molar refractivity (Wildman–Crippen MR) is 89.3 cm³/mol. The summed E-state index contributed by atoms with van der Waals surface area (Å²) >= 11 is 12.5. The lowest BCUT2D eigenvalue weighted by atomic mass is 9.77. The Balaban J connectivity index is 1.81. The van der Waals surface area contributed by atoms with Crippen molar-refractivity contribution in [3.05, 3.63) is 75.8 Å². The van der Waals surface area contributed by atoms with Gasteiger partial charge >= 0.3 is 0 Å². The van der Waals surface area contributed by atoms with Gasteiger partial charge in [0.15, 0.2) is 0 Å². The predicted octanol–water partition coefficient (Wildman–Crippen LogP) is 5.82. The molecule has 0 unspecified atom stereocenters. The molecule has 0 saturated carbocycles. The number of hydrogen-bond acceptors (Lipinski definition) is 1. The van der Waals surface area contributed by atoms with Crippen molar-refractivity contribution < 1.29 is 0 Å². The van der Waals surface area contributed by atoms with E-state index < -0.39 is 0 Å². The van der Waals surface area contributed by atoms with Crippen molar-refractivity contribution in [2.45, 2.75) is 18.4 Å². The molecule has 1 nitrogen and oxygen atoms in total. The van der Waals surface area contributed by atoms with Crippen LogP contribution in [0.4, 0.5) is 5.69 Å². The van der Waals surface area contributed by atoms with Gasteiger partial charge in [0.1, 0.15) is 0 Å². The van der Waals surface area contributed by atoms with Gasteiger partial charge in [0, 0.05) is 21.7 Å².